The molecule has 130 valence electrons. The number of nitrogens with zero attached hydrogens (tertiary/aromatic N) is 1. The zero-order valence-electron chi connectivity index (χ0n) is 13.6. The highest BCUT2D eigenvalue weighted by atomic mass is 35.5. The molecule has 6 nitrogen and oxygen atoms in total. The highest BCUT2D eigenvalue weighted by Crippen LogP contribution is 2.36. The fourth-order valence-electron chi connectivity index (χ4n) is 2.18. The Hall–Kier alpha value is -2.73. The summed E-state index contributed by atoms with van der Waals surface area (Å²) >= 11 is 6.15. The van der Waals surface area contributed by atoms with Gasteiger partial charge in [0.15, 0.2) is 11.5 Å². The van der Waals surface area contributed by atoms with Gasteiger partial charge in [-0.3, -0.25) is 4.79 Å². The fourth-order valence-corrected chi connectivity index (χ4v) is 2.38. The molecule has 0 atom stereocenters. The topological polar surface area (TPSA) is 69.2 Å². The van der Waals surface area contributed by atoms with Crippen molar-refractivity contribution >= 4 is 23.7 Å². The predicted octanol–water partition coefficient (Wildman–Crippen LogP) is 3.62. The van der Waals surface area contributed by atoms with Gasteiger partial charge in [0.05, 0.1) is 17.8 Å². The molecule has 1 N–H and O–H groups in total. The minimum absolute atomic E-state index is 0.168. The van der Waals surface area contributed by atoms with Gasteiger partial charge < -0.3 is 14.2 Å². The van der Waals surface area contributed by atoms with Crippen LogP contribution in [0.5, 0.6) is 17.2 Å². The van der Waals surface area contributed by atoms with Gasteiger partial charge in [0.1, 0.15) is 5.75 Å². The zero-order valence-corrected chi connectivity index (χ0v) is 14.4. The monoisotopic (exact) mass is 360 g/mol. The Labute approximate surface area is 150 Å². The van der Waals surface area contributed by atoms with Gasteiger partial charge in [-0.2, -0.15) is 5.10 Å². The quantitative estimate of drug-likeness (QED) is 0.631. The molecule has 0 saturated carbocycles. The van der Waals surface area contributed by atoms with Crippen molar-refractivity contribution in [2.45, 2.75) is 13.3 Å². The van der Waals surface area contributed by atoms with Crippen LogP contribution in [-0.4, -0.2) is 25.5 Å². The summed E-state index contributed by atoms with van der Waals surface area (Å²) in [7, 11) is 0. The summed E-state index contributed by atoms with van der Waals surface area (Å²) in [6, 6.07) is 10.2. The minimum Gasteiger partial charge on any atom is -0.494 e. The molecular weight excluding hydrogens is 344 g/mol. The van der Waals surface area contributed by atoms with E-state index in [0.717, 1.165) is 12.2 Å². The smallest absolute Gasteiger partial charge is 0.271 e. The number of hydrazone groups is 1. The van der Waals surface area contributed by atoms with Crippen LogP contribution in [0, 0.1) is 0 Å². The number of amides is 1. The summed E-state index contributed by atoms with van der Waals surface area (Å²) < 4.78 is 16.0. The largest absolute Gasteiger partial charge is 0.494 e. The number of fused-ring (bicyclic) bond motifs is 1. The second-order valence-electron chi connectivity index (χ2n) is 5.30. The maximum Gasteiger partial charge on any atom is 0.271 e. The number of rotatable bonds is 6. The van der Waals surface area contributed by atoms with Gasteiger partial charge in [-0.05, 0) is 36.8 Å². The standard InChI is InChI=1S/C18H17ClN2O4/c1-2-7-23-14-5-3-12(4-6-14)18(22)21-20-10-13-8-16-17(9-15(13)19)25-11-24-16/h3-6,8-10H,2,7,11H2,1H3,(H,21,22)/b20-10+. The average molecular weight is 361 g/mol. The maximum absolute atomic E-state index is 12.1. The first kappa shape index (κ1) is 17.1. The van der Waals surface area contributed by atoms with E-state index >= 15 is 0 Å². The third kappa shape index (κ3) is 4.22. The summed E-state index contributed by atoms with van der Waals surface area (Å²) in [4.78, 5) is 12.1. The van der Waals surface area contributed by atoms with Gasteiger partial charge in [0.25, 0.3) is 5.91 Å². The average Bonchev–Trinajstić information content (AvgIpc) is 3.07. The molecule has 0 bridgehead atoms. The van der Waals surface area contributed by atoms with Crippen LogP contribution < -0.4 is 19.6 Å². The highest BCUT2D eigenvalue weighted by molar-refractivity contribution is 6.33. The van der Waals surface area contributed by atoms with Crippen molar-refractivity contribution in [3.8, 4) is 17.2 Å². The fraction of sp³-hybridized carbons (Fsp3) is 0.222. The van der Waals surface area contributed by atoms with E-state index in [4.69, 9.17) is 25.8 Å². The van der Waals surface area contributed by atoms with Crippen molar-refractivity contribution in [2.75, 3.05) is 13.4 Å². The molecule has 25 heavy (non-hydrogen) atoms. The molecule has 1 amide bonds. The second-order valence-corrected chi connectivity index (χ2v) is 5.71. The molecule has 1 heterocycles. The molecule has 0 aromatic heterocycles. The first-order chi connectivity index (χ1) is 12.2. The van der Waals surface area contributed by atoms with E-state index in [-0.39, 0.29) is 12.7 Å². The van der Waals surface area contributed by atoms with Gasteiger partial charge >= 0.3 is 0 Å². The first-order valence-corrected chi connectivity index (χ1v) is 8.20. The number of ether oxygens (including phenoxy) is 3. The number of hydrogen-bond acceptors (Lipinski definition) is 5. The Morgan fingerprint density at radius 3 is 2.72 bits per heavy atom. The van der Waals surface area contributed by atoms with Crippen molar-refractivity contribution in [1.82, 2.24) is 5.43 Å². The lowest BCUT2D eigenvalue weighted by Crippen LogP contribution is -2.17. The van der Waals surface area contributed by atoms with Gasteiger partial charge in [0, 0.05) is 17.2 Å². The summed E-state index contributed by atoms with van der Waals surface area (Å²) in [6.07, 6.45) is 2.39. The van der Waals surface area contributed by atoms with Crippen molar-refractivity contribution in [3.63, 3.8) is 0 Å². The molecule has 2 aromatic carbocycles. The summed E-state index contributed by atoms with van der Waals surface area (Å²) in [5, 5.41) is 4.40. The Morgan fingerprint density at radius 2 is 2.00 bits per heavy atom. The number of benzene rings is 2. The molecule has 0 aliphatic carbocycles. The molecule has 0 fully saturated rings. The number of halogens is 1. The Balaban J connectivity index is 1.61. The van der Waals surface area contributed by atoms with Gasteiger partial charge in [-0.25, -0.2) is 5.43 Å². The van der Waals surface area contributed by atoms with Crippen molar-refractivity contribution < 1.29 is 19.0 Å². The third-order valence-corrected chi connectivity index (χ3v) is 3.78. The molecule has 2 aromatic rings. The summed E-state index contributed by atoms with van der Waals surface area (Å²) in [5.74, 6) is 1.60. The number of nitrogens with one attached hydrogen (secondary N) is 1. The third-order valence-electron chi connectivity index (χ3n) is 3.45. The van der Waals surface area contributed by atoms with E-state index in [9.17, 15) is 4.79 Å². The van der Waals surface area contributed by atoms with Gasteiger partial charge in [0.2, 0.25) is 6.79 Å². The molecule has 0 spiro atoms. The van der Waals surface area contributed by atoms with Crippen LogP contribution in [-0.2, 0) is 0 Å². The van der Waals surface area contributed by atoms with Gasteiger partial charge in [-0.1, -0.05) is 18.5 Å². The second kappa shape index (κ2) is 7.90. The summed E-state index contributed by atoms with van der Waals surface area (Å²) in [6.45, 7) is 2.85. The van der Waals surface area contributed by atoms with Crippen LogP contribution >= 0.6 is 11.6 Å². The zero-order chi connectivity index (χ0) is 17.6. The van der Waals surface area contributed by atoms with Crippen LogP contribution in [0.2, 0.25) is 5.02 Å². The van der Waals surface area contributed by atoms with Crippen LogP contribution in [0.25, 0.3) is 0 Å². The van der Waals surface area contributed by atoms with E-state index in [1.165, 1.54) is 6.21 Å². The lowest BCUT2D eigenvalue weighted by atomic mass is 10.2. The molecule has 3 rings (SSSR count). The molecule has 1 aliphatic heterocycles. The van der Waals surface area contributed by atoms with E-state index in [0.29, 0.717) is 34.3 Å². The molecule has 0 radical (unpaired) electrons. The normalized spacial score (nSPS) is 12.4. The Kier molecular flexibility index (Phi) is 5.40. The van der Waals surface area contributed by atoms with Crippen LogP contribution in [0.4, 0.5) is 0 Å². The predicted molar refractivity (Wildman–Crippen MR) is 94.9 cm³/mol. The first-order valence-electron chi connectivity index (χ1n) is 7.83. The summed E-state index contributed by atoms with van der Waals surface area (Å²) in [5.41, 5.74) is 3.57. The lowest BCUT2D eigenvalue weighted by Gasteiger charge is -2.05. The van der Waals surface area contributed by atoms with Crippen LogP contribution in [0.3, 0.4) is 0 Å². The minimum atomic E-state index is -0.324. The Bertz CT molecular complexity index is 790. The maximum atomic E-state index is 12.1. The van der Waals surface area contributed by atoms with Crippen molar-refractivity contribution in [1.29, 1.82) is 0 Å². The van der Waals surface area contributed by atoms with Crippen LogP contribution in [0.15, 0.2) is 41.5 Å². The van der Waals surface area contributed by atoms with Crippen molar-refractivity contribution in [3.05, 3.63) is 52.5 Å². The van der Waals surface area contributed by atoms with E-state index in [1.807, 2.05) is 6.92 Å². The molecule has 7 heteroatoms. The molecule has 1 aliphatic rings. The Morgan fingerprint density at radius 1 is 1.28 bits per heavy atom. The lowest BCUT2D eigenvalue weighted by molar-refractivity contribution is 0.0955. The number of hydrogen-bond donors (Lipinski definition) is 1. The SMILES string of the molecule is CCCOc1ccc(C(=O)N/N=C/c2cc3c(cc2Cl)OCO3)cc1. The van der Waals surface area contributed by atoms with E-state index in [1.54, 1.807) is 36.4 Å². The molecule has 0 saturated heterocycles. The number of carbonyl (C=O) groups excluding carboxylic acids is 1. The van der Waals surface area contributed by atoms with E-state index in [2.05, 4.69) is 10.5 Å². The van der Waals surface area contributed by atoms with Crippen LogP contribution in [0.1, 0.15) is 29.3 Å². The molecular formula is C18H17ClN2O4. The number of carbonyl (C=O) groups is 1. The van der Waals surface area contributed by atoms with Gasteiger partial charge in [-0.15, -0.1) is 0 Å². The highest BCUT2D eigenvalue weighted by Gasteiger charge is 2.15. The van der Waals surface area contributed by atoms with Crippen molar-refractivity contribution in [2.24, 2.45) is 5.10 Å². The molecule has 0 unspecified atom stereocenters. The van der Waals surface area contributed by atoms with E-state index < -0.39 is 0 Å².